The summed E-state index contributed by atoms with van der Waals surface area (Å²) in [5.41, 5.74) is 3.77. The van der Waals surface area contributed by atoms with Gasteiger partial charge in [-0.3, -0.25) is 0 Å². The van der Waals surface area contributed by atoms with Crippen LogP contribution < -0.4 is 0 Å². The third kappa shape index (κ3) is 1.94. The molecule has 3 rings (SSSR count). The summed E-state index contributed by atoms with van der Waals surface area (Å²) in [4.78, 5) is 1.38. The third-order valence-electron chi connectivity index (χ3n) is 3.59. The molecule has 0 amide bonds. The molecule has 0 saturated heterocycles. The Balaban J connectivity index is 1.99. The Kier molecular flexibility index (Phi) is 2.81. The van der Waals surface area contributed by atoms with Gasteiger partial charge in [-0.1, -0.05) is 6.07 Å². The van der Waals surface area contributed by atoms with Crippen LogP contribution in [-0.4, -0.2) is 9.67 Å². The SMILES string of the molecule is Cc1cc2c(n1Cc1cccs1)CCCC2O. The fourth-order valence-corrected chi connectivity index (χ4v) is 3.41. The van der Waals surface area contributed by atoms with Crippen LogP contribution in [-0.2, 0) is 13.0 Å². The second kappa shape index (κ2) is 4.31. The number of aromatic nitrogens is 1. The number of hydrogen-bond acceptors (Lipinski definition) is 2. The van der Waals surface area contributed by atoms with Gasteiger partial charge in [-0.2, -0.15) is 0 Å². The molecule has 2 heterocycles. The highest BCUT2D eigenvalue weighted by Crippen LogP contribution is 2.32. The van der Waals surface area contributed by atoms with Crippen LogP contribution in [0.1, 0.15) is 40.8 Å². The van der Waals surface area contributed by atoms with Gasteiger partial charge in [0.25, 0.3) is 0 Å². The fourth-order valence-electron chi connectivity index (χ4n) is 2.72. The van der Waals surface area contributed by atoms with Gasteiger partial charge in [0, 0.05) is 21.8 Å². The van der Waals surface area contributed by atoms with E-state index < -0.39 is 0 Å². The highest BCUT2D eigenvalue weighted by Gasteiger charge is 2.22. The van der Waals surface area contributed by atoms with E-state index in [0.717, 1.165) is 31.4 Å². The molecule has 0 aromatic carbocycles. The summed E-state index contributed by atoms with van der Waals surface area (Å²) in [6.07, 6.45) is 2.87. The van der Waals surface area contributed by atoms with Gasteiger partial charge in [-0.15, -0.1) is 11.3 Å². The van der Waals surface area contributed by atoms with Gasteiger partial charge in [-0.25, -0.2) is 0 Å². The molecule has 1 aliphatic rings. The van der Waals surface area contributed by atoms with Crippen molar-refractivity contribution in [3.8, 4) is 0 Å². The van der Waals surface area contributed by atoms with E-state index in [1.807, 2.05) is 0 Å². The van der Waals surface area contributed by atoms with Crippen LogP contribution in [0.3, 0.4) is 0 Å². The Hall–Kier alpha value is -1.06. The zero-order valence-electron chi connectivity index (χ0n) is 10.0. The van der Waals surface area contributed by atoms with Crippen LogP contribution in [0.4, 0.5) is 0 Å². The second-order valence-electron chi connectivity index (χ2n) is 4.76. The molecule has 1 unspecified atom stereocenters. The van der Waals surface area contributed by atoms with Gasteiger partial charge < -0.3 is 9.67 Å². The number of thiophene rings is 1. The molecule has 2 nitrogen and oxygen atoms in total. The lowest BCUT2D eigenvalue weighted by molar-refractivity contribution is 0.156. The molecule has 2 aromatic rings. The van der Waals surface area contributed by atoms with E-state index in [0.29, 0.717) is 0 Å². The molecule has 0 spiro atoms. The monoisotopic (exact) mass is 247 g/mol. The maximum Gasteiger partial charge on any atom is 0.0807 e. The lowest BCUT2D eigenvalue weighted by Crippen LogP contribution is -2.12. The van der Waals surface area contributed by atoms with Gasteiger partial charge >= 0.3 is 0 Å². The van der Waals surface area contributed by atoms with Crippen molar-refractivity contribution in [1.29, 1.82) is 0 Å². The molecule has 2 aromatic heterocycles. The molecule has 1 aliphatic carbocycles. The van der Waals surface area contributed by atoms with Crippen molar-refractivity contribution in [2.24, 2.45) is 0 Å². The topological polar surface area (TPSA) is 25.2 Å². The molecule has 0 aliphatic heterocycles. The van der Waals surface area contributed by atoms with E-state index in [1.54, 1.807) is 11.3 Å². The van der Waals surface area contributed by atoms with Gasteiger partial charge in [0.15, 0.2) is 0 Å². The summed E-state index contributed by atoms with van der Waals surface area (Å²) < 4.78 is 2.36. The fraction of sp³-hybridized carbons (Fsp3) is 0.429. The van der Waals surface area contributed by atoms with Crippen molar-refractivity contribution < 1.29 is 5.11 Å². The highest BCUT2D eigenvalue weighted by atomic mass is 32.1. The molecule has 17 heavy (non-hydrogen) atoms. The first-order valence-corrected chi connectivity index (χ1v) is 7.03. The number of nitrogens with zero attached hydrogens (tertiary/aromatic N) is 1. The number of fused-ring (bicyclic) bond motifs is 1. The molecule has 0 saturated carbocycles. The van der Waals surface area contributed by atoms with Gasteiger partial charge in [0.2, 0.25) is 0 Å². The maximum absolute atomic E-state index is 10.0. The van der Waals surface area contributed by atoms with Crippen molar-refractivity contribution in [2.75, 3.05) is 0 Å². The quantitative estimate of drug-likeness (QED) is 0.865. The molecular formula is C14H17NOS. The summed E-state index contributed by atoms with van der Waals surface area (Å²) in [6.45, 7) is 3.09. The summed E-state index contributed by atoms with van der Waals surface area (Å²) in [7, 11) is 0. The molecule has 1 N–H and O–H groups in total. The Morgan fingerprint density at radius 1 is 1.53 bits per heavy atom. The molecule has 90 valence electrons. The van der Waals surface area contributed by atoms with E-state index in [-0.39, 0.29) is 6.10 Å². The minimum absolute atomic E-state index is 0.248. The molecular weight excluding hydrogens is 230 g/mol. The average Bonchev–Trinajstić information content (AvgIpc) is 2.91. The summed E-state index contributed by atoms with van der Waals surface area (Å²) in [5.74, 6) is 0. The molecule has 0 radical (unpaired) electrons. The number of aliphatic hydroxyl groups is 1. The number of rotatable bonds is 2. The van der Waals surface area contributed by atoms with Gasteiger partial charge in [0.1, 0.15) is 0 Å². The second-order valence-corrected chi connectivity index (χ2v) is 5.79. The van der Waals surface area contributed by atoms with Crippen molar-refractivity contribution >= 4 is 11.3 Å². The zero-order valence-corrected chi connectivity index (χ0v) is 10.8. The number of aliphatic hydroxyl groups excluding tert-OH is 1. The average molecular weight is 247 g/mol. The Morgan fingerprint density at radius 2 is 2.41 bits per heavy atom. The van der Waals surface area contributed by atoms with Crippen LogP contribution in [0.15, 0.2) is 23.6 Å². The van der Waals surface area contributed by atoms with Crippen LogP contribution in [0.25, 0.3) is 0 Å². The molecule has 0 bridgehead atoms. The van der Waals surface area contributed by atoms with Gasteiger partial charge in [0.05, 0.1) is 12.6 Å². The minimum Gasteiger partial charge on any atom is -0.388 e. The molecule has 3 heteroatoms. The smallest absolute Gasteiger partial charge is 0.0807 e. The predicted molar refractivity (Wildman–Crippen MR) is 70.5 cm³/mol. The normalized spacial score (nSPS) is 19.3. The minimum atomic E-state index is -0.248. The van der Waals surface area contributed by atoms with Crippen LogP contribution in [0.5, 0.6) is 0 Å². The van der Waals surface area contributed by atoms with E-state index >= 15 is 0 Å². The Labute approximate surface area is 106 Å². The zero-order chi connectivity index (χ0) is 11.8. The summed E-state index contributed by atoms with van der Waals surface area (Å²) in [6, 6.07) is 6.43. The Morgan fingerprint density at radius 3 is 3.18 bits per heavy atom. The maximum atomic E-state index is 10.0. The summed E-state index contributed by atoms with van der Waals surface area (Å²) >= 11 is 1.80. The van der Waals surface area contributed by atoms with Crippen molar-refractivity contribution in [3.05, 3.63) is 45.4 Å². The van der Waals surface area contributed by atoms with Gasteiger partial charge in [-0.05, 0) is 43.7 Å². The van der Waals surface area contributed by atoms with Crippen molar-refractivity contribution in [3.63, 3.8) is 0 Å². The molecule has 1 atom stereocenters. The first-order valence-electron chi connectivity index (χ1n) is 6.15. The number of aryl methyl sites for hydroxylation is 1. The van der Waals surface area contributed by atoms with Crippen molar-refractivity contribution in [1.82, 2.24) is 4.57 Å². The van der Waals surface area contributed by atoms with Crippen LogP contribution in [0, 0.1) is 6.92 Å². The van der Waals surface area contributed by atoms with E-state index in [1.165, 1.54) is 16.3 Å². The number of hydrogen-bond donors (Lipinski definition) is 1. The summed E-state index contributed by atoms with van der Waals surface area (Å²) in [5, 5.41) is 12.1. The van der Waals surface area contributed by atoms with Crippen LogP contribution in [0.2, 0.25) is 0 Å². The Bertz CT molecular complexity index is 513. The lowest BCUT2D eigenvalue weighted by atomic mass is 9.95. The third-order valence-corrected chi connectivity index (χ3v) is 4.45. The van der Waals surface area contributed by atoms with E-state index in [9.17, 15) is 5.11 Å². The largest absolute Gasteiger partial charge is 0.388 e. The van der Waals surface area contributed by atoms with E-state index in [2.05, 4.69) is 35.1 Å². The van der Waals surface area contributed by atoms with Crippen LogP contribution >= 0.6 is 11.3 Å². The molecule has 0 fully saturated rings. The lowest BCUT2D eigenvalue weighted by Gasteiger charge is -2.20. The van der Waals surface area contributed by atoms with Crippen molar-refractivity contribution in [2.45, 2.75) is 38.8 Å². The van der Waals surface area contributed by atoms with E-state index in [4.69, 9.17) is 0 Å². The highest BCUT2D eigenvalue weighted by molar-refractivity contribution is 7.09. The first kappa shape index (κ1) is 11.1. The first-order chi connectivity index (χ1) is 8.25. The predicted octanol–water partition coefficient (Wildman–Crippen LogP) is 3.28. The standard InChI is InChI=1S/C14H17NOS/c1-10-8-12-13(5-2-6-14(12)16)15(10)9-11-4-3-7-17-11/h3-4,7-8,14,16H,2,5-6,9H2,1H3.